The second kappa shape index (κ2) is 6.37. The third-order valence-electron chi connectivity index (χ3n) is 2.65. The van der Waals surface area contributed by atoms with Crippen LogP contribution in [0.2, 0.25) is 0 Å². The lowest BCUT2D eigenvalue weighted by Crippen LogP contribution is -2.44. The third kappa shape index (κ3) is 3.95. The molecule has 0 aliphatic heterocycles. The molecule has 0 N–H and O–H groups in total. The van der Waals surface area contributed by atoms with Crippen LogP contribution in [0.15, 0.2) is 22.8 Å². The summed E-state index contributed by atoms with van der Waals surface area (Å²) in [6.45, 7) is 10.8. The van der Waals surface area contributed by atoms with Gasteiger partial charge >= 0.3 is 0 Å². The highest BCUT2D eigenvalue weighted by molar-refractivity contribution is 9.10. The van der Waals surface area contributed by atoms with E-state index in [-0.39, 0.29) is 10.8 Å². The van der Waals surface area contributed by atoms with Crippen molar-refractivity contribution in [2.75, 3.05) is 6.54 Å². The lowest BCUT2D eigenvalue weighted by atomic mass is 10.2. The molecule has 5 heteroatoms. The second-order valence-corrected chi connectivity index (χ2v) is 8.28. The smallest absolute Gasteiger partial charge is 0.137 e. The predicted molar refractivity (Wildman–Crippen MR) is 80.6 cm³/mol. The summed E-state index contributed by atoms with van der Waals surface area (Å²) in [4.78, 5) is 4.37. The molecular formula is C13H21BrN2OS. The van der Waals surface area contributed by atoms with Gasteiger partial charge in [0.1, 0.15) is 4.75 Å². The molecule has 0 radical (unpaired) electrons. The minimum Gasteiger partial charge on any atom is -0.597 e. The Kier molecular flexibility index (Phi) is 5.65. The fraction of sp³-hybridized carbons (Fsp3) is 0.615. The number of pyridine rings is 1. The van der Waals surface area contributed by atoms with E-state index in [9.17, 15) is 4.55 Å². The van der Waals surface area contributed by atoms with Crippen LogP contribution in [0.3, 0.4) is 0 Å². The van der Waals surface area contributed by atoms with E-state index in [4.69, 9.17) is 0 Å². The summed E-state index contributed by atoms with van der Waals surface area (Å²) < 4.78 is 15.2. The van der Waals surface area contributed by atoms with E-state index in [2.05, 4.69) is 20.9 Å². The quantitative estimate of drug-likeness (QED) is 0.789. The molecule has 0 fully saturated rings. The standard InChI is InChI=1S/C13H21BrN2OS/c1-6-16(18(17)13(3,4)5)10(2)12-9-11(14)7-8-15-12/h7-10H,6H2,1-5H3/t10?,18-/m1/s1. The van der Waals surface area contributed by atoms with Crippen molar-refractivity contribution in [3.63, 3.8) is 0 Å². The maximum absolute atomic E-state index is 12.5. The van der Waals surface area contributed by atoms with Gasteiger partial charge in [0.2, 0.25) is 0 Å². The summed E-state index contributed by atoms with van der Waals surface area (Å²) >= 11 is 2.41. The van der Waals surface area contributed by atoms with Crippen molar-refractivity contribution >= 4 is 27.3 Å². The molecule has 2 atom stereocenters. The number of hydrogen-bond donors (Lipinski definition) is 0. The highest BCUT2D eigenvalue weighted by Gasteiger charge is 2.36. The van der Waals surface area contributed by atoms with Crippen molar-refractivity contribution in [2.45, 2.75) is 45.4 Å². The molecule has 0 saturated carbocycles. The summed E-state index contributed by atoms with van der Waals surface area (Å²) in [6, 6.07) is 3.91. The van der Waals surface area contributed by atoms with Crippen LogP contribution in [0.5, 0.6) is 0 Å². The number of rotatable bonds is 4. The molecule has 102 valence electrons. The Morgan fingerprint density at radius 1 is 1.50 bits per heavy atom. The Bertz CT molecular complexity index is 395. The first-order valence-corrected chi connectivity index (χ1v) is 7.97. The van der Waals surface area contributed by atoms with Gasteiger partial charge in [0, 0.05) is 28.6 Å². The van der Waals surface area contributed by atoms with Crippen molar-refractivity contribution in [2.24, 2.45) is 0 Å². The topological polar surface area (TPSA) is 39.2 Å². The van der Waals surface area contributed by atoms with E-state index >= 15 is 0 Å². The first-order chi connectivity index (χ1) is 8.27. The number of nitrogens with zero attached hydrogens (tertiary/aromatic N) is 2. The summed E-state index contributed by atoms with van der Waals surface area (Å²) in [5.74, 6) is 0. The van der Waals surface area contributed by atoms with Gasteiger partial charge in [-0.25, -0.2) is 0 Å². The molecule has 0 saturated heterocycles. The monoisotopic (exact) mass is 332 g/mol. The molecule has 3 nitrogen and oxygen atoms in total. The zero-order chi connectivity index (χ0) is 13.9. The molecule has 18 heavy (non-hydrogen) atoms. The van der Waals surface area contributed by atoms with Crippen molar-refractivity contribution in [3.8, 4) is 0 Å². The molecule has 0 bridgehead atoms. The fourth-order valence-corrected chi connectivity index (χ4v) is 3.37. The van der Waals surface area contributed by atoms with Crippen molar-refractivity contribution in [1.82, 2.24) is 9.29 Å². The van der Waals surface area contributed by atoms with Crippen LogP contribution in [0.1, 0.15) is 46.4 Å². The van der Waals surface area contributed by atoms with Crippen LogP contribution < -0.4 is 0 Å². The lowest BCUT2D eigenvalue weighted by molar-refractivity contribution is 0.339. The van der Waals surface area contributed by atoms with E-state index in [0.717, 1.165) is 16.7 Å². The molecule has 0 aromatic carbocycles. The van der Waals surface area contributed by atoms with E-state index in [1.165, 1.54) is 0 Å². The Hall–Kier alpha value is -0.100. The van der Waals surface area contributed by atoms with E-state index in [1.807, 2.05) is 51.1 Å². The van der Waals surface area contributed by atoms with Crippen LogP contribution in [-0.2, 0) is 11.4 Å². The predicted octanol–water partition coefficient (Wildman–Crippen LogP) is 3.69. The first-order valence-electron chi connectivity index (χ1n) is 6.07. The molecule has 1 unspecified atom stereocenters. The summed E-state index contributed by atoms with van der Waals surface area (Å²) in [5.41, 5.74) is 0.934. The minimum absolute atomic E-state index is 0.0348. The zero-order valence-corrected chi connectivity index (χ0v) is 14.0. The zero-order valence-electron chi connectivity index (χ0n) is 11.6. The molecule has 1 heterocycles. The van der Waals surface area contributed by atoms with Crippen LogP contribution >= 0.6 is 15.9 Å². The molecule has 0 aliphatic rings. The van der Waals surface area contributed by atoms with Gasteiger partial charge in [-0.1, -0.05) is 15.9 Å². The summed E-state index contributed by atoms with van der Waals surface area (Å²) in [7, 11) is 0. The molecule has 1 aromatic heterocycles. The van der Waals surface area contributed by atoms with Gasteiger partial charge in [-0.05, 0) is 46.8 Å². The Balaban J connectivity index is 2.96. The molecule has 1 rings (SSSR count). The third-order valence-corrected chi connectivity index (χ3v) is 5.19. The molecule has 0 aliphatic carbocycles. The van der Waals surface area contributed by atoms with Gasteiger partial charge in [-0.15, -0.1) is 4.31 Å². The van der Waals surface area contributed by atoms with Crippen LogP contribution in [-0.4, -0.2) is 25.1 Å². The molecule has 1 aromatic rings. The number of halogens is 1. The highest BCUT2D eigenvalue weighted by Crippen LogP contribution is 2.29. The van der Waals surface area contributed by atoms with Gasteiger partial charge < -0.3 is 4.55 Å². The normalized spacial score (nSPS) is 15.8. The lowest BCUT2D eigenvalue weighted by Gasteiger charge is -2.35. The van der Waals surface area contributed by atoms with Gasteiger partial charge in [-0.3, -0.25) is 4.98 Å². The van der Waals surface area contributed by atoms with Crippen molar-refractivity contribution in [1.29, 1.82) is 0 Å². The average molecular weight is 333 g/mol. The van der Waals surface area contributed by atoms with E-state index < -0.39 is 11.4 Å². The van der Waals surface area contributed by atoms with Crippen LogP contribution in [0, 0.1) is 0 Å². The summed E-state index contributed by atoms with van der Waals surface area (Å²) in [6.07, 6.45) is 1.77. The maximum atomic E-state index is 12.5. The average Bonchev–Trinajstić information content (AvgIpc) is 2.28. The van der Waals surface area contributed by atoms with E-state index in [0.29, 0.717) is 0 Å². The maximum Gasteiger partial charge on any atom is 0.137 e. The fourth-order valence-electron chi connectivity index (χ4n) is 1.68. The van der Waals surface area contributed by atoms with Gasteiger partial charge in [0.25, 0.3) is 0 Å². The Morgan fingerprint density at radius 2 is 2.11 bits per heavy atom. The van der Waals surface area contributed by atoms with Gasteiger partial charge in [0.15, 0.2) is 0 Å². The van der Waals surface area contributed by atoms with E-state index in [1.54, 1.807) is 6.20 Å². The second-order valence-electron chi connectivity index (χ2n) is 5.17. The van der Waals surface area contributed by atoms with Crippen molar-refractivity contribution in [3.05, 3.63) is 28.5 Å². The van der Waals surface area contributed by atoms with Gasteiger partial charge in [0.05, 0.1) is 11.7 Å². The van der Waals surface area contributed by atoms with Crippen LogP contribution in [0.4, 0.5) is 0 Å². The highest BCUT2D eigenvalue weighted by atomic mass is 79.9. The number of hydrogen-bond acceptors (Lipinski definition) is 3. The Morgan fingerprint density at radius 3 is 2.56 bits per heavy atom. The summed E-state index contributed by atoms with van der Waals surface area (Å²) in [5, 5.41) is 0. The molecule has 0 spiro atoms. The number of aromatic nitrogens is 1. The SMILES string of the molecule is CCN(C(C)c1cc(Br)ccn1)[S@+]([O-])C(C)(C)C. The van der Waals surface area contributed by atoms with Gasteiger partial charge in [-0.2, -0.15) is 0 Å². The minimum atomic E-state index is -1.03. The van der Waals surface area contributed by atoms with Crippen molar-refractivity contribution < 1.29 is 4.55 Å². The molecule has 0 amide bonds. The molecular weight excluding hydrogens is 312 g/mol. The van der Waals surface area contributed by atoms with Crippen LogP contribution in [0.25, 0.3) is 0 Å². The largest absolute Gasteiger partial charge is 0.597 e. The first kappa shape index (κ1) is 16.0. The Labute approximate surface area is 121 Å².